The molecule has 0 atom stereocenters. The SMILES string of the molecule is CN1CCc2cccc(c2)-c2cc3cncnc3n2CCN(Cc2ccc(F)cn2)Cc2cc(ccc2F)C1. The number of fused-ring (bicyclic) bond motifs is 8. The third-order valence-electron chi connectivity index (χ3n) is 7.33. The summed E-state index contributed by atoms with van der Waals surface area (Å²) in [6.07, 6.45) is 5.55. The molecule has 2 aromatic carbocycles. The van der Waals surface area contributed by atoms with Crippen molar-refractivity contribution in [1.29, 1.82) is 0 Å². The fraction of sp³-hybridized carbons (Fsp3) is 0.258. The van der Waals surface area contributed by atoms with E-state index in [4.69, 9.17) is 0 Å². The van der Waals surface area contributed by atoms with Crippen molar-refractivity contribution in [1.82, 2.24) is 29.3 Å². The molecule has 0 radical (unpaired) electrons. The number of rotatable bonds is 2. The Labute approximate surface area is 226 Å². The van der Waals surface area contributed by atoms with E-state index in [0.717, 1.165) is 53.1 Å². The minimum atomic E-state index is -0.375. The van der Waals surface area contributed by atoms with E-state index in [1.54, 1.807) is 18.5 Å². The molecule has 0 N–H and O–H groups in total. The number of hydrogen-bond acceptors (Lipinski definition) is 5. The Hall–Kier alpha value is -4.01. The lowest BCUT2D eigenvalue weighted by molar-refractivity contribution is 0.241. The highest BCUT2D eigenvalue weighted by Gasteiger charge is 2.17. The quantitative estimate of drug-likeness (QED) is 0.307. The Morgan fingerprint density at radius 1 is 0.846 bits per heavy atom. The summed E-state index contributed by atoms with van der Waals surface area (Å²) in [7, 11) is 2.10. The van der Waals surface area contributed by atoms with Gasteiger partial charge in [-0.2, -0.15) is 0 Å². The third-order valence-corrected chi connectivity index (χ3v) is 7.33. The Morgan fingerprint density at radius 2 is 1.77 bits per heavy atom. The third kappa shape index (κ3) is 5.72. The Kier molecular flexibility index (Phi) is 7.13. The van der Waals surface area contributed by atoms with E-state index in [2.05, 4.69) is 66.7 Å². The average molecular weight is 525 g/mol. The van der Waals surface area contributed by atoms with E-state index in [1.807, 2.05) is 18.3 Å². The van der Waals surface area contributed by atoms with Crippen LogP contribution in [0.3, 0.4) is 0 Å². The lowest BCUT2D eigenvalue weighted by Crippen LogP contribution is -2.28. The standard InChI is InChI=1S/C31H30F2N6/c1-37-10-9-22-3-2-4-24(13-22)30-15-25-16-34-21-36-31(25)39(30)12-11-38(20-28-7-6-27(32)17-35-28)19-26-14-23(18-37)5-8-29(26)33/h2-8,13-17,21H,9-12,18-20H2,1H3. The van der Waals surface area contributed by atoms with Crippen LogP contribution in [0.15, 0.2) is 79.4 Å². The smallest absolute Gasteiger partial charge is 0.143 e. The van der Waals surface area contributed by atoms with Gasteiger partial charge in [0, 0.05) is 56.4 Å². The normalized spacial score (nSPS) is 15.4. The molecule has 4 bridgehead atoms. The van der Waals surface area contributed by atoms with Crippen LogP contribution in [0.1, 0.15) is 22.4 Å². The number of hydrogen-bond donors (Lipinski definition) is 0. The van der Waals surface area contributed by atoms with Gasteiger partial charge in [0.1, 0.15) is 23.6 Å². The van der Waals surface area contributed by atoms with Crippen molar-refractivity contribution in [2.45, 2.75) is 32.6 Å². The second kappa shape index (κ2) is 11.0. The second-order valence-corrected chi connectivity index (χ2v) is 10.3. The van der Waals surface area contributed by atoms with Gasteiger partial charge in [0.05, 0.1) is 17.6 Å². The molecule has 4 heterocycles. The van der Waals surface area contributed by atoms with Gasteiger partial charge in [-0.05, 0) is 60.5 Å². The van der Waals surface area contributed by atoms with Gasteiger partial charge in [-0.1, -0.05) is 30.3 Å². The predicted octanol–water partition coefficient (Wildman–Crippen LogP) is 5.46. The van der Waals surface area contributed by atoms with Gasteiger partial charge in [0.15, 0.2) is 0 Å². The van der Waals surface area contributed by atoms with Crippen molar-refractivity contribution >= 4 is 11.0 Å². The van der Waals surface area contributed by atoms with Gasteiger partial charge in [-0.25, -0.2) is 18.7 Å². The van der Waals surface area contributed by atoms with Crippen LogP contribution in [-0.2, 0) is 32.6 Å². The molecule has 8 heteroatoms. The molecule has 198 valence electrons. The van der Waals surface area contributed by atoms with Crippen molar-refractivity contribution in [3.8, 4) is 11.3 Å². The number of likely N-dealkylation sites (N-methyl/N-ethyl adjacent to an activating group) is 1. The summed E-state index contributed by atoms with van der Waals surface area (Å²) in [5, 5.41) is 0.973. The van der Waals surface area contributed by atoms with E-state index in [1.165, 1.54) is 17.8 Å². The van der Waals surface area contributed by atoms with Gasteiger partial charge in [-0.15, -0.1) is 0 Å². The molecule has 0 saturated heterocycles. The van der Waals surface area contributed by atoms with Gasteiger partial charge in [0.25, 0.3) is 0 Å². The first-order chi connectivity index (χ1) is 19.0. The van der Waals surface area contributed by atoms with Crippen LogP contribution < -0.4 is 0 Å². The van der Waals surface area contributed by atoms with Crippen LogP contribution in [0.5, 0.6) is 0 Å². The van der Waals surface area contributed by atoms with Crippen molar-refractivity contribution in [3.63, 3.8) is 0 Å². The molecule has 6 rings (SSSR count). The summed E-state index contributed by atoms with van der Waals surface area (Å²) in [6, 6.07) is 19.3. The maximum Gasteiger partial charge on any atom is 0.143 e. The number of pyridine rings is 1. The first-order valence-electron chi connectivity index (χ1n) is 13.2. The zero-order chi connectivity index (χ0) is 26.8. The summed E-state index contributed by atoms with van der Waals surface area (Å²) < 4.78 is 30.8. The van der Waals surface area contributed by atoms with E-state index in [-0.39, 0.29) is 11.6 Å². The Morgan fingerprint density at radius 3 is 2.64 bits per heavy atom. The topological polar surface area (TPSA) is 50.1 Å². The summed E-state index contributed by atoms with van der Waals surface area (Å²) >= 11 is 0. The molecule has 0 fully saturated rings. The molecular formula is C31H30F2N6. The van der Waals surface area contributed by atoms with Crippen molar-refractivity contribution < 1.29 is 8.78 Å². The van der Waals surface area contributed by atoms with Crippen LogP contribution in [0.25, 0.3) is 22.3 Å². The Balaban J connectivity index is 1.43. The minimum Gasteiger partial charge on any atom is -0.324 e. The molecule has 6 nitrogen and oxygen atoms in total. The molecule has 1 aliphatic heterocycles. The highest BCUT2D eigenvalue weighted by Crippen LogP contribution is 2.28. The number of nitrogens with zero attached hydrogens (tertiary/aromatic N) is 6. The van der Waals surface area contributed by atoms with Crippen LogP contribution >= 0.6 is 0 Å². The first-order valence-corrected chi connectivity index (χ1v) is 13.2. The zero-order valence-corrected chi connectivity index (χ0v) is 21.9. The van der Waals surface area contributed by atoms with Crippen molar-refractivity contribution in [2.24, 2.45) is 0 Å². The van der Waals surface area contributed by atoms with Gasteiger partial charge in [-0.3, -0.25) is 9.88 Å². The van der Waals surface area contributed by atoms with E-state index < -0.39 is 0 Å². The first kappa shape index (κ1) is 25.3. The lowest BCUT2D eigenvalue weighted by Gasteiger charge is -2.24. The molecule has 5 aromatic rings. The van der Waals surface area contributed by atoms with Crippen LogP contribution in [0.4, 0.5) is 8.78 Å². The van der Waals surface area contributed by atoms with Gasteiger partial charge < -0.3 is 9.47 Å². The molecule has 0 amide bonds. The number of benzene rings is 2. The summed E-state index contributed by atoms with van der Waals surface area (Å²) in [6.45, 7) is 3.73. The highest BCUT2D eigenvalue weighted by molar-refractivity contribution is 5.83. The van der Waals surface area contributed by atoms with Crippen molar-refractivity contribution in [2.75, 3.05) is 20.1 Å². The summed E-state index contributed by atoms with van der Waals surface area (Å²) in [5.74, 6) is -0.602. The van der Waals surface area contributed by atoms with Crippen LogP contribution in [-0.4, -0.2) is 49.5 Å². The summed E-state index contributed by atoms with van der Waals surface area (Å²) in [5.41, 5.74) is 6.77. The number of halogens is 2. The molecule has 3 aromatic heterocycles. The zero-order valence-electron chi connectivity index (χ0n) is 21.9. The average Bonchev–Trinajstić information content (AvgIpc) is 3.32. The molecule has 0 spiro atoms. The molecule has 0 unspecified atom stereocenters. The van der Waals surface area contributed by atoms with Crippen LogP contribution in [0, 0.1) is 11.6 Å². The number of aromatic nitrogens is 4. The minimum absolute atomic E-state index is 0.227. The second-order valence-electron chi connectivity index (χ2n) is 10.3. The van der Waals surface area contributed by atoms with E-state index >= 15 is 4.39 Å². The largest absolute Gasteiger partial charge is 0.324 e. The molecule has 1 aliphatic rings. The van der Waals surface area contributed by atoms with Gasteiger partial charge in [0.2, 0.25) is 0 Å². The van der Waals surface area contributed by atoms with Crippen LogP contribution in [0.2, 0.25) is 0 Å². The maximum absolute atomic E-state index is 15.1. The lowest BCUT2D eigenvalue weighted by atomic mass is 10.0. The van der Waals surface area contributed by atoms with E-state index in [9.17, 15) is 4.39 Å². The molecular weight excluding hydrogens is 494 g/mol. The van der Waals surface area contributed by atoms with Gasteiger partial charge >= 0.3 is 0 Å². The van der Waals surface area contributed by atoms with E-state index in [0.29, 0.717) is 31.7 Å². The maximum atomic E-state index is 15.1. The molecule has 39 heavy (non-hydrogen) atoms. The molecule has 0 saturated carbocycles. The fourth-order valence-electron chi connectivity index (χ4n) is 5.34. The Bertz CT molecular complexity index is 1600. The highest BCUT2D eigenvalue weighted by atomic mass is 19.1. The summed E-state index contributed by atoms with van der Waals surface area (Å²) in [4.78, 5) is 17.5. The monoisotopic (exact) mass is 524 g/mol. The predicted molar refractivity (Wildman–Crippen MR) is 148 cm³/mol. The fourth-order valence-corrected chi connectivity index (χ4v) is 5.34. The molecule has 0 aliphatic carbocycles. The van der Waals surface area contributed by atoms with Crippen molar-refractivity contribution in [3.05, 3.63) is 113 Å².